The number of aliphatic hydroxyl groups excluding tert-OH is 1. The van der Waals surface area contributed by atoms with Crippen molar-refractivity contribution in [3.63, 3.8) is 0 Å². The average Bonchev–Trinajstić information content (AvgIpc) is 2.10. The summed E-state index contributed by atoms with van der Waals surface area (Å²) < 4.78 is 5.08. The standard InChI is InChI=1S/C11H23NO2/c1-10(6-9-14-2)12(7-8-13)11-4-3-5-11/h10-11,13H,3-9H2,1-2H3. The summed E-state index contributed by atoms with van der Waals surface area (Å²) in [5, 5.41) is 9.01. The Bertz CT molecular complexity index is 148. The second-order valence-electron chi connectivity index (χ2n) is 4.18. The average molecular weight is 201 g/mol. The van der Waals surface area contributed by atoms with E-state index in [4.69, 9.17) is 9.84 Å². The summed E-state index contributed by atoms with van der Waals surface area (Å²) in [5.41, 5.74) is 0. The number of rotatable bonds is 7. The van der Waals surface area contributed by atoms with Crippen LogP contribution in [-0.4, -0.2) is 49.0 Å². The minimum absolute atomic E-state index is 0.272. The molecule has 1 N–H and O–H groups in total. The lowest BCUT2D eigenvalue weighted by Gasteiger charge is -2.41. The van der Waals surface area contributed by atoms with Crippen LogP contribution in [0, 0.1) is 0 Å². The Hall–Kier alpha value is -0.120. The van der Waals surface area contributed by atoms with E-state index < -0.39 is 0 Å². The van der Waals surface area contributed by atoms with E-state index in [0.717, 1.165) is 19.6 Å². The Kier molecular flexibility index (Phi) is 5.45. The van der Waals surface area contributed by atoms with Gasteiger partial charge in [0.2, 0.25) is 0 Å². The smallest absolute Gasteiger partial charge is 0.0558 e. The van der Waals surface area contributed by atoms with Gasteiger partial charge in [-0.05, 0) is 26.2 Å². The summed E-state index contributed by atoms with van der Waals surface area (Å²) >= 11 is 0. The first kappa shape index (κ1) is 12.0. The van der Waals surface area contributed by atoms with Crippen LogP contribution in [-0.2, 0) is 4.74 Å². The third-order valence-electron chi connectivity index (χ3n) is 3.21. The molecule has 0 aromatic carbocycles. The van der Waals surface area contributed by atoms with E-state index >= 15 is 0 Å². The van der Waals surface area contributed by atoms with E-state index in [1.165, 1.54) is 19.3 Å². The minimum Gasteiger partial charge on any atom is -0.395 e. The van der Waals surface area contributed by atoms with E-state index in [1.807, 2.05) is 0 Å². The molecule has 1 unspecified atom stereocenters. The molecule has 0 aliphatic heterocycles. The Labute approximate surface area is 87.1 Å². The van der Waals surface area contributed by atoms with Crippen molar-refractivity contribution in [1.82, 2.24) is 4.90 Å². The predicted octanol–water partition coefficient (Wildman–Crippen LogP) is 1.26. The van der Waals surface area contributed by atoms with Crippen LogP contribution >= 0.6 is 0 Å². The normalized spacial score (nSPS) is 19.7. The number of ether oxygens (including phenoxy) is 1. The Morgan fingerprint density at radius 3 is 2.64 bits per heavy atom. The monoisotopic (exact) mass is 201 g/mol. The van der Waals surface area contributed by atoms with E-state index in [0.29, 0.717) is 12.1 Å². The van der Waals surface area contributed by atoms with E-state index in [2.05, 4.69) is 11.8 Å². The summed E-state index contributed by atoms with van der Waals surface area (Å²) in [6.45, 7) is 4.13. The van der Waals surface area contributed by atoms with Gasteiger partial charge in [0.25, 0.3) is 0 Å². The van der Waals surface area contributed by atoms with Gasteiger partial charge in [-0.2, -0.15) is 0 Å². The predicted molar refractivity (Wildman–Crippen MR) is 57.4 cm³/mol. The van der Waals surface area contributed by atoms with Crippen LogP contribution < -0.4 is 0 Å². The fraction of sp³-hybridized carbons (Fsp3) is 1.00. The molecule has 3 heteroatoms. The Morgan fingerprint density at radius 2 is 2.21 bits per heavy atom. The van der Waals surface area contributed by atoms with Gasteiger partial charge in [0, 0.05) is 32.3 Å². The van der Waals surface area contributed by atoms with Gasteiger partial charge < -0.3 is 9.84 Å². The van der Waals surface area contributed by atoms with Crippen LogP contribution in [0.5, 0.6) is 0 Å². The molecule has 0 heterocycles. The molecule has 0 radical (unpaired) electrons. The van der Waals surface area contributed by atoms with Crippen LogP contribution in [0.3, 0.4) is 0 Å². The highest BCUT2D eigenvalue weighted by Crippen LogP contribution is 2.26. The largest absolute Gasteiger partial charge is 0.395 e. The minimum atomic E-state index is 0.272. The summed E-state index contributed by atoms with van der Waals surface area (Å²) in [6, 6.07) is 1.25. The second-order valence-corrected chi connectivity index (χ2v) is 4.18. The Morgan fingerprint density at radius 1 is 1.50 bits per heavy atom. The van der Waals surface area contributed by atoms with Gasteiger partial charge >= 0.3 is 0 Å². The molecule has 0 saturated heterocycles. The molecule has 1 fully saturated rings. The van der Waals surface area contributed by atoms with Crippen molar-refractivity contribution in [3.8, 4) is 0 Å². The molecule has 1 aliphatic rings. The van der Waals surface area contributed by atoms with Gasteiger partial charge in [-0.1, -0.05) is 6.42 Å². The number of hydrogen-bond acceptors (Lipinski definition) is 3. The van der Waals surface area contributed by atoms with Gasteiger partial charge in [-0.25, -0.2) is 0 Å². The fourth-order valence-electron chi connectivity index (χ4n) is 2.05. The first-order valence-corrected chi connectivity index (χ1v) is 5.65. The number of hydrogen-bond donors (Lipinski definition) is 1. The number of aliphatic hydroxyl groups is 1. The fourth-order valence-corrected chi connectivity index (χ4v) is 2.05. The molecular weight excluding hydrogens is 178 g/mol. The van der Waals surface area contributed by atoms with E-state index in [-0.39, 0.29) is 6.61 Å². The van der Waals surface area contributed by atoms with Crippen molar-refractivity contribution in [2.45, 2.75) is 44.7 Å². The van der Waals surface area contributed by atoms with Crippen LogP contribution in [0.15, 0.2) is 0 Å². The van der Waals surface area contributed by atoms with Crippen molar-refractivity contribution in [2.24, 2.45) is 0 Å². The zero-order valence-corrected chi connectivity index (χ0v) is 9.41. The number of nitrogens with zero attached hydrogens (tertiary/aromatic N) is 1. The van der Waals surface area contributed by atoms with Crippen LogP contribution in [0.2, 0.25) is 0 Å². The van der Waals surface area contributed by atoms with Gasteiger partial charge in [0.05, 0.1) is 6.61 Å². The molecule has 0 spiro atoms. The van der Waals surface area contributed by atoms with Crippen molar-refractivity contribution in [1.29, 1.82) is 0 Å². The summed E-state index contributed by atoms with van der Waals surface area (Å²) in [4.78, 5) is 2.43. The lowest BCUT2D eigenvalue weighted by atomic mass is 9.90. The Balaban J connectivity index is 2.31. The van der Waals surface area contributed by atoms with Gasteiger partial charge in [-0.15, -0.1) is 0 Å². The first-order valence-electron chi connectivity index (χ1n) is 5.65. The van der Waals surface area contributed by atoms with Crippen LogP contribution in [0.25, 0.3) is 0 Å². The highest BCUT2D eigenvalue weighted by Gasteiger charge is 2.27. The molecule has 0 amide bonds. The quantitative estimate of drug-likeness (QED) is 0.673. The first-order chi connectivity index (χ1) is 6.79. The lowest BCUT2D eigenvalue weighted by molar-refractivity contribution is 0.0507. The summed E-state index contributed by atoms with van der Waals surface area (Å²) in [6.07, 6.45) is 5.02. The molecule has 0 aromatic rings. The molecule has 1 saturated carbocycles. The van der Waals surface area contributed by atoms with Crippen LogP contribution in [0.1, 0.15) is 32.6 Å². The zero-order valence-electron chi connectivity index (χ0n) is 9.41. The van der Waals surface area contributed by atoms with Gasteiger partial charge in [-0.3, -0.25) is 4.90 Å². The summed E-state index contributed by atoms with van der Waals surface area (Å²) in [5.74, 6) is 0. The third kappa shape index (κ3) is 3.23. The summed E-state index contributed by atoms with van der Waals surface area (Å²) in [7, 11) is 1.74. The molecule has 1 aliphatic carbocycles. The molecule has 1 atom stereocenters. The topological polar surface area (TPSA) is 32.7 Å². The number of methoxy groups -OCH3 is 1. The molecule has 84 valence electrons. The SMILES string of the molecule is COCCC(C)N(CCO)C1CCC1. The molecule has 0 aromatic heterocycles. The van der Waals surface area contributed by atoms with Crippen molar-refractivity contribution in [2.75, 3.05) is 26.9 Å². The molecular formula is C11H23NO2. The lowest BCUT2D eigenvalue weighted by Crippen LogP contribution is -2.47. The maximum Gasteiger partial charge on any atom is 0.0558 e. The maximum atomic E-state index is 9.01. The highest BCUT2D eigenvalue weighted by atomic mass is 16.5. The second kappa shape index (κ2) is 6.38. The van der Waals surface area contributed by atoms with Gasteiger partial charge in [0.1, 0.15) is 0 Å². The maximum absolute atomic E-state index is 9.01. The van der Waals surface area contributed by atoms with Crippen molar-refractivity contribution >= 4 is 0 Å². The van der Waals surface area contributed by atoms with Gasteiger partial charge in [0.15, 0.2) is 0 Å². The molecule has 1 rings (SSSR count). The van der Waals surface area contributed by atoms with E-state index in [1.54, 1.807) is 7.11 Å². The van der Waals surface area contributed by atoms with Crippen molar-refractivity contribution < 1.29 is 9.84 Å². The van der Waals surface area contributed by atoms with E-state index in [9.17, 15) is 0 Å². The molecule has 14 heavy (non-hydrogen) atoms. The molecule has 3 nitrogen and oxygen atoms in total. The molecule has 0 bridgehead atoms. The van der Waals surface area contributed by atoms with Crippen molar-refractivity contribution in [3.05, 3.63) is 0 Å². The highest BCUT2D eigenvalue weighted by molar-refractivity contribution is 4.83. The van der Waals surface area contributed by atoms with Crippen LogP contribution in [0.4, 0.5) is 0 Å². The third-order valence-corrected chi connectivity index (χ3v) is 3.21. The zero-order chi connectivity index (χ0) is 10.4.